The molecule has 6 heteroatoms. The number of ether oxygens (including phenoxy) is 1. The lowest BCUT2D eigenvalue weighted by atomic mass is 10.1. The van der Waals surface area contributed by atoms with Crippen LogP contribution in [0.5, 0.6) is 5.75 Å². The minimum Gasteiger partial charge on any atom is -0.494 e. The summed E-state index contributed by atoms with van der Waals surface area (Å²) in [7, 11) is 1.40. The standard InChI is InChI=1S/C16H13Cl2NO3/c1-10(11-6-4-3-5-7-11)19-22-16(20)14-12(17)8-9-13(18)15(14)21-2/h3-9H,1-2H3/b19-10+. The minimum atomic E-state index is -0.736. The maximum Gasteiger partial charge on any atom is 0.371 e. The third-order valence-corrected chi connectivity index (χ3v) is 3.54. The SMILES string of the molecule is COc1c(Cl)ccc(Cl)c1C(=O)O/N=C(\C)c1ccccc1. The molecule has 0 aliphatic carbocycles. The van der Waals surface area contributed by atoms with Gasteiger partial charge in [-0.05, 0) is 24.6 Å². The number of rotatable bonds is 4. The zero-order chi connectivity index (χ0) is 16.1. The Morgan fingerprint density at radius 1 is 1.05 bits per heavy atom. The first-order valence-corrected chi connectivity index (χ1v) is 7.13. The fourth-order valence-corrected chi connectivity index (χ4v) is 2.27. The van der Waals surface area contributed by atoms with E-state index in [0.717, 1.165) is 5.56 Å². The van der Waals surface area contributed by atoms with E-state index < -0.39 is 5.97 Å². The van der Waals surface area contributed by atoms with Gasteiger partial charge in [-0.15, -0.1) is 0 Å². The molecule has 0 aromatic heterocycles. The lowest BCUT2D eigenvalue weighted by Gasteiger charge is -2.09. The second kappa shape index (κ2) is 7.29. The second-order valence-corrected chi connectivity index (χ2v) is 5.17. The molecule has 0 saturated carbocycles. The summed E-state index contributed by atoms with van der Waals surface area (Å²) in [4.78, 5) is 17.1. The molecule has 0 saturated heterocycles. The summed E-state index contributed by atoms with van der Waals surface area (Å²) in [6, 6.07) is 12.4. The zero-order valence-corrected chi connectivity index (χ0v) is 13.5. The highest BCUT2D eigenvalue weighted by Gasteiger charge is 2.21. The van der Waals surface area contributed by atoms with Crippen LogP contribution < -0.4 is 4.74 Å². The maximum absolute atomic E-state index is 12.2. The summed E-state index contributed by atoms with van der Waals surface area (Å²) < 4.78 is 5.10. The van der Waals surface area contributed by atoms with E-state index in [1.807, 2.05) is 30.3 Å². The van der Waals surface area contributed by atoms with E-state index in [1.165, 1.54) is 19.2 Å². The Morgan fingerprint density at radius 3 is 2.32 bits per heavy atom. The Kier molecular flexibility index (Phi) is 5.41. The molecule has 0 N–H and O–H groups in total. The molecule has 0 fully saturated rings. The maximum atomic E-state index is 12.2. The van der Waals surface area contributed by atoms with Crippen molar-refractivity contribution < 1.29 is 14.4 Å². The second-order valence-electron chi connectivity index (χ2n) is 4.36. The van der Waals surface area contributed by atoms with E-state index in [4.69, 9.17) is 32.8 Å². The van der Waals surface area contributed by atoms with Crippen molar-refractivity contribution in [2.75, 3.05) is 7.11 Å². The first-order chi connectivity index (χ1) is 10.5. The van der Waals surface area contributed by atoms with E-state index in [1.54, 1.807) is 6.92 Å². The molecule has 2 rings (SSSR count). The van der Waals surface area contributed by atoms with Crippen molar-refractivity contribution in [1.82, 2.24) is 0 Å². The van der Waals surface area contributed by atoms with Crippen LogP contribution in [-0.2, 0) is 4.84 Å². The van der Waals surface area contributed by atoms with E-state index in [2.05, 4.69) is 5.16 Å². The first-order valence-electron chi connectivity index (χ1n) is 6.38. The number of hydrogen-bond acceptors (Lipinski definition) is 4. The van der Waals surface area contributed by atoms with Crippen molar-refractivity contribution >= 4 is 34.9 Å². The largest absolute Gasteiger partial charge is 0.494 e. The average molecular weight is 338 g/mol. The molecule has 2 aromatic carbocycles. The highest BCUT2D eigenvalue weighted by molar-refractivity contribution is 6.37. The molecule has 114 valence electrons. The summed E-state index contributed by atoms with van der Waals surface area (Å²) in [5, 5.41) is 4.27. The van der Waals surface area contributed by atoms with Crippen LogP contribution in [0.2, 0.25) is 10.0 Å². The summed E-state index contributed by atoms with van der Waals surface area (Å²) in [5.74, 6) is -0.577. The van der Waals surface area contributed by atoms with Crippen molar-refractivity contribution in [1.29, 1.82) is 0 Å². The number of carbonyl (C=O) groups is 1. The molecule has 0 bridgehead atoms. The van der Waals surface area contributed by atoms with Crippen LogP contribution in [-0.4, -0.2) is 18.8 Å². The highest BCUT2D eigenvalue weighted by atomic mass is 35.5. The van der Waals surface area contributed by atoms with Crippen LogP contribution in [0.3, 0.4) is 0 Å². The molecule has 0 amide bonds. The van der Waals surface area contributed by atoms with Gasteiger partial charge >= 0.3 is 5.97 Å². The van der Waals surface area contributed by atoms with Gasteiger partial charge in [0.15, 0.2) is 5.75 Å². The quantitative estimate of drug-likeness (QED) is 0.466. The molecule has 0 heterocycles. The van der Waals surface area contributed by atoms with Crippen molar-refractivity contribution in [3.8, 4) is 5.75 Å². The highest BCUT2D eigenvalue weighted by Crippen LogP contribution is 2.34. The van der Waals surface area contributed by atoms with Gasteiger partial charge < -0.3 is 9.57 Å². The van der Waals surface area contributed by atoms with Gasteiger partial charge in [-0.25, -0.2) is 4.79 Å². The fourth-order valence-electron chi connectivity index (χ4n) is 1.81. The number of halogens is 2. The van der Waals surface area contributed by atoms with E-state index in [-0.39, 0.29) is 21.4 Å². The Hall–Kier alpha value is -2.04. The third kappa shape index (κ3) is 3.59. The number of nitrogens with zero attached hydrogens (tertiary/aromatic N) is 1. The number of benzene rings is 2. The fraction of sp³-hybridized carbons (Fsp3) is 0.125. The molecule has 22 heavy (non-hydrogen) atoms. The van der Waals surface area contributed by atoms with Crippen molar-refractivity contribution in [2.24, 2.45) is 5.16 Å². The van der Waals surface area contributed by atoms with Gasteiger partial charge in [0.05, 0.1) is 22.9 Å². The zero-order valence-electron chi connectivity index (χ0n) is 12.0. The Balaban J connectivity index is 2.25. The predicted molar refractivity (Wildman–Crippen MR) is 87.1 cm³/mol. The number of methoxy groups -OCH3 is 1. The smallest absolute Gasteiger partial charge is 0.371 e. The van der Waals surface area contributed by atoms with Crippen LogP contribution >= 0.6 is 23.2 Å². The summed E-state index contributed by atoms with van der Waals surface area (Å²) in [5.41, 5.74) is 1.45. The van der Waals surface area contributed by atoms with Gasteiger partial charge in [0.1, 0.15) is 5.56 Å². The molecule has 2 aromatic rings. The van der Waals surface area contributed by atoms with Crippen LogP contribution in [0.1, 0.15) is 22.8 Å². The summed E-state index contributed by atoms with van der Waals surface area (Å²) in [6.07, 6.45) is 0. The number of hydrogen-bond donors (Lipinski definition) is 0. The average Bonchev–Trinajstić information content (AvgIpc) is 2.54. The van der Waals surface area contributed by atoms with Crippen LogP contribution in [0.4, 0.5) is 0 Å². The molecule has 0 unspecified atom stereocenters. The van der Waals surface area contributed by atoms with Crippen molar-refractivity contribution in [3.05, 3.63) is 63.6 Å². The molecular weight excluding hydrogens is 325 g/mol. The van der Waals surface area contributed by atoms with Crippen molar-refractivity contribution in [2.45, 2.75) is 6.92 Å². The number of carbonyl (C=O) groups excluding carboxylic acids is 1. The lowest BCUT2D eigenvalue weighted by Crippen LogP contribution is -2.07. The van der Waals surface area contributed by atoms with Gasteiger partial charge in [0, 0.05) is 0 Å². The molecule has 0 radical (unpaired) electrons. The molecular formula is C16H13Cl2NO3. The molecule has 0 spiro atoms. The minimum absolute atomic E-state index is 0.0429. The normalized spacial score (nSPS) is 11.2. The van der Waals surface area contributed by atoms with E-state index >= 15 is 0 Å². The van der Waals surface area contributed by atoms with Gasteiger partial charge in [-0.3, -0.25) is 0 Å². The summed E-state index contributed by atoms with van der Waals surface area (Å²) >= 11 is 12.0. The van der Waals surface area contributed by atoms with Gasteiger partial charge in [0.25, 0.3) is 0 Å². The Labute approximate surface area is 138 Å². The monoisotopic (exact) mass is 337 g/mol. The summed E-state index contributed by atoms with van der Waals surface area (Å²) in [6.45, 7) is 1.74. The van der Waals surface area contributed by atoms with Crippen LogP contribution in [0, 0.1) is 0 Å². The Bertz CT molecular complexity index is 715. The molecule has 4 nitrogen and oxygen atoms in total. The van der Waals surface area contributed by atoms with Gasteiger partial charge in [0.2, 0.25) is 0 Å². The van der Waals surface area contributed by atoms with Gasteiger partial charge in [-0.1, -0.05) is 58.7 Å². The molecule has 0 aliphatic heterocycles. The van der Waals surface area contributed by atoms with Gasteiger partial charge in [-0.2, -0.15) is 0 Å². The lowest BCUT2D eigenvalue weighted by molar-refractivity contribution is 0.0513. The van der Waals surface area contributed by atoms with Crippen LogP contribution in [0.15, 0.2) is 47.6 Å². The topological polar surface area (TPSA) is 47.9 Å². The first kappa shape index (κ1) is 16.3. The molecule has 0 atom stereocenters. The Morgan fingerprint density at radius 2 is 1.68 bits per heavy atom. The van der Waals surface area contributed by atoms with E-state index in [9.17, 15) is 4.79 Å². The number of oxime groups is 1. The van der Waals surface area contributed by atoms with Crippen LogP contribution in [0.25, 0.3) is 0 Å². The van der Waals surface area contributed by atoms with Crippen molar-refractivity contribution in [3.63, 3.8) is 0 Å². The predicted octanol–water partition coefficient (Wildman–Crippen LogP) is 4.58. The third-order valence-electron chi connectivity index (χ3n) is 2.92. The van der Waals surface area contributed by atoms with E-state index in [0.29, 0.717) is 5.71 Å². The molecule has 0 aliphatic rings.